The van der Waals surface area contributed by atoms with Crippen molar-refractivity contribution in [1.82, 2.24) is 15.6 Å². The number of aromatic nitrogens is 1. The van der Waals surface area contributed by atoms with Crippen LogP contribution < -0.4 is 10.6 Å². The Morgan fingerprint density at radius 1 is 1.53 bits per heavy atom. The minimum Gasteiger partial charge on any atom is -0.481 e. The molecule has 0 aromatic carbocycles. The van der Waals surface area contributed by atoms with Crippen LogP contribution in [0.25, 0.3) is 0 Å². The Labute approximate surface area is 115 Å². The normalized spacial score (nSPS) is 16.5. The average Bonchev–Trinajstić information content (AvgIpc) is 2.69. The van der Waals surface area contributed by atoms with Crippen LogP contribution >= 0.6 is 11.3 Å². The number of rotatable bonds is 5. The molecule has 1 heterocycles. The van der Waals surface area contributed by atoms with Crippen LogP contribution in [0.5, 0.6) is 0 Å². The van der Waals surface area contributed by atoms with Gasteiger partial charge in [0.05, 0.1) is 29.2 Å². The number of carbonyl (C=O) groups excluding carboxylic acids is 1. The summed E-state index contributed by atoms with van der Waals surface area (Å²) in [6, 6.07) is -0.327. The molecule has 0 radical (unpaired) electrons. The lowest BCUT2D eigenvalue weighted by Crippen LogP contribution is -2.57. The Balaban J connectivity index is 1.81. The van der Waals surface area contributed by atoms with E-state index in [1.54, 1.807) is 0 Å². The Morgan fingerprint density at radius 2 is 2.26 bits per heavy atom. The summed E-state index contributed by atoms with van der Waals surface area (Å²) in [6.45, 7) is 2.27. The highest BCUT2D eigenvalue weighted by Gasteiger charge is 2.40. The SMILES string of the molecule is Cc1nc(CNC(=O)NC2(CC(=O)O)CCC2)cs1. The van der Waals surface area contributed by atoms with Gasteiger partial charge in [0.25, 0.3) is 0 Å². The number of amides is 2. The number of hydrogen-bond donors (Lipinski definition) is 3. The van der Waals surface area contributed by atoms with Crippen LogP contribution in [-0.2, 0) is 11.3 Å². The summed E-state index contributed by atoms with van der Waals surface area (Å²) in [5, 5.41) is 17.2. The summed E-state index contributed by atoms with van der Waals surface area (Å²) in [4.78, 5) is 26.8. The quantitative estimate of drug-likeness (QED) is 0.766. The molecule has 0 aliphatic heterocycles. The molecule has 0 unspecified atom stereocenters. The number of urea groups is 1. The third-order valence-electron chi connectivity index (χ3n) is 3.28. The number of nitrogens with zero attached hydrogens (tertiary/aromatic N) is 1. The van der Waals surface area contributed by atoms with Crippen LogP contribution in [0.1, 0.15) is 36.4 Å². The van der Waals surface area contributed by atoms with Crippen LogP contribution in [-0.4, -0.2) is 27.6 Å². The zero-order chi connectivity index (χ0) is 13.9. The van der Waals surface area contributed by atoms with Crippen molar-refractivity contribution in [3.8, 4) is 0 Å². The van der Waals surface area contributed by atoms with E-state index in [-0.39, 0.29) is 12.5 Å². The van der Waals surface area contributed by atoms with E-state index in [1.807, 2.05) is 12.3 Å². The number of hydrogen-bond acceptors (Lipinski definition) is 4. The predicted molar refractivity (Wildman–Crippen MR) is 71.1 cm³/mol. The number of carboxylic acid groups (broad SMARTS) is 1. The summed E-state index contributed by atoms with van der Waals surface area (Å²) in [5.74, 6) is -0.880. The van der Waals surface area contributed by atoms with Gasteiger partial charge in [0.2, 0.25) is 0 Å². The lowest BCUT2D eigenvalue weighted by Gasteiger charge is -2.41. The molecule has 1 aromatic rings. The van der Waals surface area contributed by atoms with Crippen molar-refractivity contribution < 1.29 is 14.7 Å². The van der Waals surface area contributed by atoms with E-state index in [9.17, 15) is 9.59 Å². The highest BCUT2D eigenvalue weighted by Crippen LogP contribution is 2.34. The summed E-state index contributed by atoms with van der Waals surface area (Å²) in [5.41, 5.74) is 0.256. The molecule has 19 heavy (non-hydrogen) atoms. The first-order chi connectivity index (χ1) is 8.99. The molecular weight excluding hydrogens is 266 g/mol. The summed E-state index contributed by atoms with van der Waals surface area (Å²) in [6.07, 6.45) is 2.39. The number of thiazole rings is 1. The van der Waals surface area contributed by atoms with Gasteiger partial charge in [-0.15, -0.1) is 11.3 Å². The maximum atomic E-state index is 11.8. The molecule has 2 rings (SSSR count). The second-order valence-electron chi connectivity index (χ2n) is 4.87. The van der Waals surface area contributed by atoms with E-state index < -0.39 is 11.5 Å². The maximum Gasteiger partial charge on any atom is 0.315 e. The molecule has 1 saturated carbocycles. The van der Waals surface area contributed by atoms with E-state index >= 15 is 0 Å². The molecule has 1 fully saturated rings. The van der Waals surface area contributed by atoms with Crippen LogP contribution in [0.15, 0.2) is 5.38 Å². The molecule has 0 spiro atoms. The van der Waals surface area contributed by atoms with Crippen LogP contribution in [0.3, 0.4) is 0 Å². The topological polar surface area (TPSA) is 91.3 Å². The molecule has 1 aromatic heterocycles. The molecule has 1 aliphatic rings. The van der Waals surface area contributed by atoms with Crippen molar-refractivity contribution in [3.63, 3.8) is 0 Å². The van der Waals surface area contributed by atoms with E-state index in [1.165, 1.54) is 11.3 Å². The fourth-order valence-electron chi connectivity index (χ4n) is 2.18. The molecule has 1 aliphatic carbocycles. The van der Waals surface area contributed by atoms with Crippen molar-refractivity contribution in [2.75, 3.05) is 0 Å². The first kappa shape index (κ1) is 13.8. The van der Waals surface area contributed by atoms with E-state index in [2.05, 4.69) is 15.6 Å². The Kier molecular flexibility index (Phi) is 4.04. The van der Waals surface area contributed by atoms with Gasteiger partial charge in [0.1, 0.15) is 0 Å². The Bertz CT molecular complexity index is 482. The van der Waals surface area contributed by atoms with Crippen molar-refractivity contribution >= 4 is 23.3 Å². The molecule has 0 saturated heterocycles. The van der Waals surface area contributed by atoms with Gasteiger partial charge in [-0.25, -0.2) is 9.78 Å². The van der Waals surface area contributed by atoms with E-state index in [4.69, 9.17) is 5.11 Å². The highest BCUT2D eigenvalue weighted by molar-refractivity contribution is 7.09. The predicted octanol–water partition coefficient (Wildman–Crippen LogP) is 1.65. The van der Waals surface area contributed by atoms with E-state index in [0.29, 0.717) is 6.54 Å². The van der Waals surface area contributed by atoms with Crippen molar-refractivity contribution in [3.05, 3.63) is 16.1 Å². The summed E-state index contributed by atoms with van der Waals surface area (Å²) < 4.78 is 0. The third-order valence-corrected chi connectivity index (χ3v) is 4.10. The van der Waals surface area contributed by atoms with Gasteiger partial charge in [0, 0.05) is 5.38 Å². The fraction of sp³-hybridized carbons (Fsp3) is 0.583. The van der Waals surface area contributed by atoms with Gasteiger partial charge >= 0.3 is 12.0 Å². The standard InChI is InChI=1S/C12H17N3O3S/c1-8-14-9(7-19-8)6-13-11(18)15-12(3-2-4-12)5-10(16)17/h7H,2-6H2,1H3,(H,16,17)(H2,13,15,18). The molecule has 0 atom stereocenters. The molecule has 6 nitrogen and oxygen atoms in total. The van der Waals surface area contributed by atoms with Gasteiger partial charge in [-0.05, 0) is 26.2 Å². The molecular formula is C12H17N3O3S. The zero-order valence-corrected chi connectivity index (χ0v) is 11.5. The second kappa shape index (κ2) is 5.56. The molecule has 2 amide bonds. The van der Waals surface area contributed by atoms with Gasteiger partial charge in [-0.1, -0.05) is 0 Å². The van der Waals surface area contributed by atoms with Gasteiger partial charge < -0.3 is 15.7 Å². The summed E-state index contributed by atoms with van der Waals surface area (Å²) >= 11 is 1.53. The van der Waals surface area contributed by atoms with Crippen molar-refractivity contribution in [2.45, 2.75) is 44.7 Å². The third kappa shape index (κ3) is 3.66. The maximum absolute atomic E-state index is 11.8. The van der Waals surface area contributed by atoms with Crippen molar-refractivity contribution in [1.29, 1.82) is 0 Å². The minimum absolute atomic E-state index is 0.0176. The van der Waals surface area contributed by atoms with Crippen LogP contribution in [0.4, 0.5) is 4.79 Å². The molecule has 0 bridgehead atoms. The number of aryl methyl sites for hydroxylation is 1. The lowest BCUT2D eigenvalue weighted by atomic mass is 9.74. The lowest BCUT2D eigenvalue weighted by molar-refractivity contribution is -0.139. The fourth-order valence-corrected chi connectivity index (χ4v) is 2.80. The smallest absolute Gasteiger partial charge is 0.315 e. The number of carbonyl (C=O) groups is 2. The molecule has 3 N–H and O–H groups in total. The Morgan fingerprint density at radius 3 is 2.74 bits per heavy atom. The molecule has 104 valence electrons. The number of nitrogens with one attached hydrogen (secondary N) is 2. The second-order valence-corrected chi connectivity index (χ2v) is 5.93. The van der Waals surface area contributed by atoms with Gasteiger partial charge in [-0.2, -0.15) is 0 Å². The number of aliphatic carboxylic acids is 1. The minimum atomic E-state index is -0.880. The van der Waals surface area contributed by atoms with Gasteiger partial charge in [-0.3, -0.25) is 4.79 Å². The monoisotopic (exact) mass is 283 g/mol. The van der Waals surface area contributed by atoms with Gasteiger partial charge in [0.15, 0.2) is 0 Å². The summed E-state index contributed by atoms with van der Waals surface area (Å²) in [7, 11) is 0. The average molecular weight is 283 g/mol. The number of carboxylic acids is 1. The zero-order valence-electron chi connectivity index (χ0n) is 10.7. The van der Waals surface area contributed by atoms with Crippen LogP contribution in [0.2, 0.25) is 0 Å². The van der Waals surface area contributed by atoms with Crippen molar-refractivity contribution in [2.24, 2.45) is 0 Å². The largest absolute Gasteiger partial charge is 0.481 e. The molecule has 7 heteroatoms. The first-order valence-corrected chi connectivity index (χ1v) is 7.06. The Hall–Kier alpha value is -1.63. The highest BCUT2D eigenvalue weighted by atomic mass is 32.1. The van der Waals surface area contributed by atoms with Crippen LogP contribution in [0, 0.1) is 6.92 Å². The van der Waals surface area contributed by atoms with E-state index in [0.717, 1.165) is 30.0 Å². The first-order valence-electron chi connectivity index (χ1n) is 6.18.